The summed E-state index contributed by atoms with van der Waals surface area (Å²) in [6.07, 6.45) is 1.37. The van der Waals surface area contributed by atoms with E-state index in [2.05, 4.69) is 41.3 Å². The second-order valence-corrected chi connectivity index (χ2v) is 8.41. The molecule has 1 amide bonds. The molecule has 174 valence electrons. The number of aryl methyl sites for hydroxylation is 1. The topological polar surface area (TPSA) is 71.7 Å². The zero-order valence-electron chi connectivity index (χ0n) is 19.2. The molecular weight excluding hydrogens is 423 g/mol. The number of hydrogen-bond donors (Lipinski definition) is 0. The van der Waals surface area contributed by atoms with E-state index in [1.807, 2.05) is 6.92 Å². The van der Waals surface area contributed by atoms with Crippen molar-refractivity contribution in [1.82, 2.24) is 20.1 Å². The molecule has 3 aromatic rings. The zero-order valence-corrected chi connectivity index (χ0v) is 19.2. The number of aromatic nitrogens is 2. The van der Waals surface area contributed by atoms with E-state index in [9.17, 15) is 9.18 Å². The third kappa shape index (κ3) is 5.39. The second-order valence-electron chi connectivity index (χ2n) is 8.41. The van der Waals surface area contributed by atoms with Crippen LogP contribution in [0.15, 0.2) is 53.1 Å². The first-order valence-electron chi connectivity index (χ1n) is 11.3. The van der Waals surface area contributed by atoms with Crippen molar-refractivity contribution < 1.29 is 18.5 Å². The van der Waals surface area contributed by atoms with E-state index in [1.54, 1.807) is 24.2 Å². The SMILES string of the molecule is CCc1ccc(C2CC(c3nc(-c4ccc(F)cc4)no3)CN(OC(=O)N(C)CC)C2)cc1. The fourth-order valence-electron chi connectivity index (χ4n) is 4.01. The van der Waals surface area contributed by atoms with Gasteiger partial charge in [-0.2, -0.15) is 4.98 Å². The summed E-state index contributed by atoms with van der Waals surface area (Å²) in [6, 6.07) is 14.5. The molecule has 1 aromatic heterocycles. The van der Waals surface area contributed by atoms with Crippen molar-refractivity contribution in [2.24, 2.45) is 0 Å². The van der Waals surface area contributed by atoms with Gasteiger partial charge in [0.15, 0.2) is 0 Å². The first kappa shape index (κ1) is 22.9. The summed E-state index contributed by atoms with van der Waals surface area (Å²) in [5.74, 6) is 0.593. The molecule has 0 saturated carbocycles. The molecule has 2 unspecified atom stereocenters. The van der Waals surface area contributed by atoms with Crippen molar-refractivity contribution >= 4 is 6.09 Å². The molecule has 8 heteroatoms. The summed E-state index contributed by atoms with van der Waals surface area (Å²) in [7, 11) is 1.71. The van der Waals surface area contributed by atoms with Crippen LogP contribution >= 0.6 is 0 Å². The third-order valence-electron chi connectivity index (χ3n) is 6.16. The average Bonchev–Trinajstić information content (AvgIpc) is 3.34. The molecule has 0 bridgehead atoms. The second kappa shape index (κ2) is 10.1. The minimum atomic E-state index is -0.393. The number of benzene rings is 2. The summed E-state index contributed by atoms with van der Waals surface area (Å²) in [5, 5.41) is 5.79. The molecule has 1 aliphatic heterocycles. The lowest BCUT2D eigenvalue weighted by Gasteiger charge is -2.35. The highest BCUT2D eigenvalue weighted by Crippen LogP contribution is 2.36. The molecule has 0 N–H and O–H groups in total. The van der Waals surface area contributed by atoms with Crippen LogP contribution in [0.1, 0.15) is 49.1 Å². The van der Waals surface area contributed by atoms with Crippen molar-refractivity contribution in [3.63, 3.8) is 0 Å². The van der Waals surface area contributed by atoms with Gasteiger partial charge in [0.2, 0.25) is 11.7 Å². The first-order valence-corrected chi connectivity index (χ1v) is 11.3. The Morgan fingerprint density at radius 1 is 1.12 bits per heavy atom. The lowest BCUT2D eigenvalue weighted by atomic mass is 9.85. The van der Waals surface area contributed by atoms with Crippen LogP contribution in [0, 0.1) is 5.82 Å². The predicted octanol–water partition coefficient (Wildman–Crippen LogP) is 5.01. The minimum Gasteiger partial charge on any atom is -0.351 e. The predicted molar refractivity (Wildman–Crippen MR) is 122 cm³/mol. The molecule has 0 aliphatic carbocycles. The monoisotopic (exact) mass is 452 g/mol. The van der Waals surface area contributed by atoms with E-state index in [0.717, 1.165) is 12.8 Å². The maximum Gasteiger partial charge on any atom is 0.428 e. The Balaban J connectivity index is 1.57. The number of halogens is 1. The van der Waals surface area contributed by atoms with Gasteiger partial charge in [-0.05, 0) is 55.2 Å². The largest absolute Gasteiger partial charge is 0.428 e. The van der Waals surface area contributed by atoms with Crippen LogP contribution in [0.5, 0.6) is 0 Å². The molecule has 2 aromatic carbocycles. The van der Waals surface area contributed by atoms with Gasteiger partial charge >= 0.3 is 6.09 Å². The Bertz CT molecular complexity index is 1070. The Morgan fingerprint density at radius 2 is 1.82 bits per heavy atom. The minimum absolute atomic E-state index is 0.115. The van der Waals surface area contributed by atoms with Gasteiger partial charge < -0.3 is 14.3 Å². The van der Waals surface area contributed by atoms with Crippen LogP contribution in [0.25, 0.3) is 11.4 Å². The van der Waals surface area contributed by atoms with Crippen molar-refractivity contribution in [2.45, 2.75) is 38.5 Å². The number of carbonyl (C=O) groups is 1. The summed E-state index contributed by atoms with van der Waals surface area (Å²) in [5.41, 5.74) is 3.14. The summed E-state index contributed by atoms with van der Waals surface area (Å²) in [6.45, 7) is 5.63. The van der Waals surface area contributed by atoms with E-state index in [0.29, 0.717) is 36.9 Å². The number of piperidine rings is 1. The van der Waals surface area contributed by atoms with Gasteiger partial charge in [-0.3, -0.25) is 0 Å². The lowest BCUT2D eigenvalue weighted by molar-refractivity contribution is -0.131. The van der Waals surface area contributed by atoms with E-state index in [1.165, 1.54) is 28.2 Å². The van der Waals surface area contributed by atoms with E-state index in [4.69, 9.17) is 9.36 Å². The Kier molecular flexibility index (Phi) is 7.03. The summed E-state index contributed by atoms with van der Waals surface area (Å²) in [4.78, 5) is 24.2. The third-order valence-corrected chi connectivity index (χ3v) is 6.16. The number of rotatable bonds is 6. The number of hydroxylamine groups is 2. The van der Waals surface area contributed by atoms with E-state index >= 15 is 0 Å². The van der Waals surface area contributed by atoms with Gasteiger partial charge in [0.05, 0.1) is 5.92 Å². The molecule has 0 radical (unpaired) electrons. The normalized spacial score (nSPS) is 18.8. The Hall–Kier alpha value is -3.26. The van der Waals surface area contributed by atoms with Crippen LogP contribution in [-0.4, -0.2) is 52.9 Å². The van der Waals surface area contributed by atoms with Crippen LogP contribution in [-0.2, 0) is 11.3 Å². The molecule has 33 heavy (non-hydrogen) atoms. The molecule has 2 heterocycles. The maximum atomic E-state index is 13.3. The highest BCUT2D eigenvalue weighted by molar-refractivity contribution is 5.66. The van der Waals surface area contributed by atoms with E-state index < -0.39 is 6.09 Å². The molecule has 7 nitrogen and oxygen atoms in total. The number of amides is 1. The molecule has 0 spiro atoms. The molecule has 4 rings (SSSR count). The van der Waals surface area contributed by atoms with E-state index in [-0.39, 0.29) is 17.7 Å². The van der Waals surface area contributed by atoms with Gasteiger partial charge in [0, 0.05) is 38.2 Å². The highest BCUT2D eigenvalue weighted by atomic mass is 19.1. The molecule has 2 atom stereocenters. The number of carbonyl (C=O) groups excluding carboxylic acids is 1. The fourth-order valence-corrected chi connectivity index (χ4v) is 4.01. The Morgan fingerprint density at radius 3 is 2.48 bits per heavy atom. The molecule has 1 fully saturated rings. The van der Waals surface area contributed by atoms with Crippen LogP contribution in [0.4, 0.5) is 9.18 Å². The van der Waals surface area contributed by atoms with Gasteiger partial charge in [0.1, 0.15) is 5.82 Å². The van der Waals surface area contributed by atoms with Crippen LogP contribution in [0.3, 0.4) is 0 Å². The Labute approximate surface area is 193 Å². The first-order chi connectivity index (χ1) is 16.0. The quantitative estimate of drug-likeness (QED) is 0.523. The average molecular weight is 453 g/mol. The van der Waals surface area contributed by atoms with Crippen molar-refractivity contribution in [1.29, 1.82) is 0 Å². The van der Waals surface area contributed by atoms with Crippen molar-refractivity contribution in [2.75, 3.05) is 26.7 Å². The van der Waals surface area contributed by atoms with Gasteiger partial charge in [-0.15, -0.1) is 5.06 Å². The van der Waals surface area contributed by atoms with Gasteiger partial charge in [-0.1, -0.05) is 36.3 Å². The fraction of sp³-hybridized carbons (Fsp3) is 0.400. The number of nitrogens with zero attached hydrogens (tertiary/aromatic N) is 4. The van der Waals surface area contributed by atoms with Crippen LogP contribution in [0.2, 0.25) is 0 Å². The molecule has 1 aliphatic rings. The van der Waals surface area contributed by atoms with Crippen LogP contribution < -0.4 is 0 Å². The zero-order chi connectivity index (χ0) is 23.4. The highest BCUT2D eigenvalue weighted by Gasteiger charge is 2.35. The smallest absolute Gasteiger partial charge is 0.351 e. The van der Waals surface area contributed by atoms with Gasteiger partial charge in [-0.25, -0.2) is 9.18 Å². The standard InChI is InChI=1S/C25H29FN4O3/c1-4-17-6-8-18(9-7-17)20-14-21(16-30(15-20)33-25(31)29(3)5-2)24-27-23(28-32-24)19-10-12-22(26)13-11-19/h6-13,20-21H,4-5,14-16H2,1-3H3. The number of hydrogen-bond acceptors (Lipinski definition) is 6. The van der Waals surface area contributed by atoms with Crippen molar-refractivity contribution in [3.05, 3.63) is 71.4 Å². The molecular formula is C25H29FN4O3. The lowest BCUT2D eigenvalue weighted by Crippen LogP contribution is -2.42. The summed E-state index contributed by atoms with van der Waals surface area (Å²) >= 11 is 0. The van der Waals surface area contributed by atoms with Crippen molar-refractivity contribution in [3.8, 4) is 11.4 Å². The van der Waals surface area contributed by atoms with Gasteiger partial charge in [0.25, 0.3) is 0 Å². The summed E-state index contributed by atoms with van der Waals surface area (Å²) < 4.78 is 18.9. The molecule has 1 saturated heterocycles. The maximum absolute atomic E-state index is 13.3.